The summed E-state index contributed by atoms with van der Waals surface area (Å²) < 4.78 is 0. The summed E-state index contributed by atoms with van der Waals surface area (Å²) in [6.07, 6.45) is 1.58. The number of carbonyl (C=O) groups is 2. The molecule has 0 fully saturated rings. The molecule has 0 unspecified atom stereocenters. The van der Waals surface area contributed by atoms with Gasteiger partial charge in [-0.05, 0) is 52.9 Å². The molecule has 30 heavy (non-hydrogen) atoms. The Kier molecular flexibility index (Phi) is 6.42. The van der Waals surface area contributed by atoms with Crippen LogP contribution in [-0.4, -0.2) is 18.0 Å². The van der Waals surface area contributed by atoms with Gasteiger partial charge in [-0.3, -0.25) is 9.59 Å². The number of hydrazone groups is 1. The van der Waals surface area contributed by atoms with Crippen LogP contribution in [-0.2, 0) is 5.41 Å². The van der Waals surface area contributed by atoms with E-state index in [1.165, 1.54) is 5.56 Å². The molecule has 0 saturated carbocycles. The highest BCUT2D eigenvalue weighted by molar-refractivity contribution is 6.04. The third-order valence-electron chi connectivity index (χ3n) is 4.60. The molecular weight excluding hydrogens is 374 g/mol. The maximum absolute atomic E-state index is 12.5. The van der Waals surface area contributed by atoms with Gasteiger partial charge in [0.2, 0.25) is 0 Å². The van der Waals surface area contributed by atoms with E-state index in [0.717, 1.165) is 5.56 Å². The number of rotatable bonds is 5. The van der Waals surface area contributed by atoms with E-state index in [4.69, 9.17) is 0 Å². The number of amides is 2. The molecule has 3 aromatic carbocycles. The maximum atomic E-state index is 12.5. The second kappa shape index (κ2) is 9.18. The van der Waals surface area contributed by atoms with E-state index in [2.05, 4.69) is 36.6 Å². The van der Waals surface area contributed by atoms with Gasteiger partial charge in [-0.25, -0.2) is 5.43 Å². The summed E-state index contributed by atoms with van der Waals surface area (Å²) in [5.74, 6) is -0.516. The van der Waals surface area contributed by atoms with Gasteiger partial charge in [-0.15, -0.1) is 0 Å². The summed E-state index contributed by atoms with van der Waals surface area (Å²) in [5.41, 5.74) is 6.25. The molecule has 0 spiro atoms. The van der Waals surface area contributed by atoms with Crippen molar-refractivity contribution in [3.63, 3.8) is 0 Å². The first-order valence-electron chi connectivity index (χ1n) is 9.73. The molecule has 3 aromatic rings. The van der Waals surface area contributed by atoms with Gasteiger partial charge in [0.25, 0.3) is 11.8 Å². The van der Waals surface area contributed by atoms with E-state index in [1.54, 1.807) is 30.5 Å². The Labute approximate surface area is 176 Å². The third kappa shape index (κ3) is 5.64. The fourth-order valence-corrected chi connectivity index (χ4v) is 2.80. The predicted octanol–water partition coefficient (Wildman–Crippen LogP) is 5.00. The number of anilines is 1. The molecule has 0 aliphatic carbocycles. The zero-order chi connectivity index (χ0) is 21.6. The Morgan fingerprint density at radius 3 is 1.93 bits per heavy atom. The molecule has 2 amide bonds. The smallest absolute Gasteiger partial charge is 0.271 e. The maximum Gasteiger partial charge on any atom is 0.271 e. The lowest BCUT2D eigenvalue weighted by Gasteiger charge is -2.19. The number of nitrogens with zero attached hydrogens (tertiary/aromatic N) is 1. The molecule has 0 heterocycles. The Bertz CT molecular complexity index is 1030. The van der Waals surface area contributed by atoms with Crippen LogP contribution in [0.4, 0.5) is 5.69 Å². The summed E-state index contributed by atoms with van der Waals surface area (Å²) in [6.45, 7) is 6.40. The molecule has 0 aliphatic rings. The molecular formula is C25H25N3O2. The minimum atomic E-state index is -0.321. The molecule has 2 N–H and O–H groups in total. The second-order valence-corrected chi connectivity index (χ2v) is 7.97. The lowest BCUT2D eigenvalue weighted by Crippen LogP contribution is -2.18. The topological polar surface area (TPSA) is 70.6 Å². The average Bonchev–Trinajstić information content (AvgIpc) is 2.74. The van der Waals surface area contributed by atoms with Crippen LogP contribution in [0.15, 0.2) is 84.0 Å². The highest BCUT2D eigenvalue weighted by Gasteiger charge is 2.14. The van der Waals surface area contributed by atoms with Gasteiger partial charge >= 0.3 is 0 Å². The van der Waals surface area contributed by atoms with Crippen LogP contribution in [0.3, 0.4) is 0 Å². The van der Waals surface area contributed by atoms with Crippen molar-refractivity contribution in [1.82, 2.24) is 5.43 Å². The summed E-state index contributed by atoms with van der Waals surface area (Å²) in [6, 6.07) is 23.8. The molecule has 3 rings (SSSR count). The summed E-state index contributed by atoms with van der Waals surface area (Å²) in [4.78, 5) is 24.7. The Balaban J connectivity index is 1.58. The van der Waals surface area contributed by atoms with E-state index in [9.17, 15) is 9.59 Å². The van der Waals surface area contributed by atoms with Crippen LogP contribution in [0.25, 0.3) is 0 Å². The van der Waals surface area contributed by atoms with Crippen LogP contribution >= 0.6 is 0 Å². The lowest BCUT2D eigenvalue weighted by atomic mass is 9.87. The Morgan fingerprint density at radius 1 is 0.767 bits per heavy atom. The molecule has 152 valence electrons. The first-order chi connectivity index (χ1) is 14.3. The SMILES string of the molecule is CC(C)(C)c1ccc(C(=O)Nc2ccc(C(=O)NN=Cc3ccccc3)cc2)cc1. The van der Waals surface area contributed by atoms with Crippen molar-refractivity contribution < 1.29 is 9.59 Å². The Hall–Kier alpha value is -3.73. The van der Waals surface area contributed by atoms with Crippen molar-refractivity contribution in [1.29, 1.82) is 0 Å². The summed E-state index contributed by atoms with van der Waals surface area (Å²) >= 11 is 0. The molecule has 0 atom stereocenters. The molecule has 0 aromatic heterocycles. The largest absolute Gasteiger partial charge is 0.322 e. The number of hydrogen-bond donors (Lipinski definition) is 2. The minimum absolute atomic E-state index is 0.0382. The van der Waals surface area contributed by atoms with Crippen LogP contribution < -0.4 is 10.7 Å². The molecule has 5 heteroatoms. The fourth-order valence-electron chi connectivity index (χ4n) is 2.80. The normalized spacial score (nSPS) is 11.3. The highest BCUT2D eigenvalue weighted by Crippen LogP contribution is 2.22. The van der Waals surface area contributed by atoms with E-state index < -0.39 is 0 Å². The summed E-state index contributed by atoms with van der Waals surface area (Å²) in [5, 5.41) is 6.81. The van der Waals surface area contributed by atoms with Gasteiger partial charge in [-0.2, -0.15) is 5.10 Å². The van der Waals surface area contributed by atoms with Crippen molar-refractivity contribution in [3.8, 4) is 0 Å². The van der Waals surface area contributed by atoms with Gasteiger partial charge in [-0.1, -0.05) is 63.2 Å². The first-order valence-corrected chi connectivity index (χ1v) is 9.73. The van der Waals surface area contributed by atoms with Gasteiger partial charge in [0.1, 0.15) is 0 Å². The molecule has 5 nitrogen and oxygen atoms in total. The van der Waals surface area contributed by atoms with Crippen molar-refractivity contribution in [2.45, 2.75) is 26.2 Å². The van der Waals surface area contributed by atoms with Crippen LogP contribution in [0.5, 0.6) is 0 Å². The van der Waals surface area contributed by atoms with Crippen LogP contribution in [0.2, 0.25) is 0 Å². The van der Waals surface area contributed by atoms with E-state index >= 15 is 0 Å². The van der Waals surface area contributed by atoms with Crippen molar-refractivity contribution in [2.75, 3.05) is 5.32 Å². The van der Waals surface area contributed by atoms with Gasteiger partial charge < -0.3 is 5.32 Å². The van der Waals surface area contributed by atoms with E-state index in [0.29, 0.717) is 16.8 Å². The summed E-state index contributed by atoms with van der Waals surface area (Å²) in [7, 11) is 0. The monoisotopic (exact) mass is 399 g/mol. The van der Waals surface area contributed by atoms with Gasteiger partial charge in [0.05, 0.1) is 6.21 Å². The average molecular weight is 399 g/mol. The molecule has 0 radical (unpaired) electrons. The number of benzene rings is 3. The van der Waals surface area contributed by atoms with Crippen molar-refractivity contribution in [2.24, 2.45) is 5.10 Å². The predicted molar refractivity (Wildman–Crippen MR) is 121 cm³/mol. The number of nitrogens with one attached hydrogen (secondary N) is 2. The van der Waals surface area contributed by atoms with E-state index in [-0.39, 0.29) is 17.2 Å². The van der Waals surface area contributed by atoms with Gasteiger partial charge in [0, 0.05) is 16.8 Å². The first kappa shape index (κ1) is 21.0. The van der Waals surface area contributed by atoms with E-state index in [1.807, 2.05) is 54.6 Å². The standard InChI is InChI=1S/C25H25N3O2/c1-25(2,3)21-13-9-19(10-14-21)23(29)27-22-15-11-20(12-16-22)24(30)28-26-17-18-7-5-4-6-8-18/h4-17H,1-3H3,(H,27,29)(H,28,30). The zero-order valence-corrected chi connectivity index (χ0v) is 17.3. The molecule has 0 saturated heterocycles. The lowest BCUT2D eigenvalue weighted by molar-refractivity contribution is 0.0954. The number of hydrogen-bond acceptors (Lipinski definition) is 3. The molecule has 0 aliphatic heterocycles. The van der Waals surface area contributed by atoms with Crippen molar-refractivity contribution >= 4 is 23.7 Å². The minimum Gasteiger partial charge on any atom is -0.322 e. The van der Waals surface area contributed by atoms with Crippen LogP contribution in [0.1, 0.15) is 52.6 Å². The fraction of sp³-hybridized carbons (Fsp3) is 0.160. The second-order valence-electron chi connectivity index (χ2n) is 7.97. The third-order valence-corrected chi connectivity index (χ3v) is 4.60. The zero-order valence-electron chi connectivity index (χ0n) is 17.3. The Morgan fingerprint density at radius 2 is 1.33 bits per heavy atom. The highest BCUT2D eigenvalue weighted by atomic mass is 16.2. The quantitative estimate of drug-likeness (QED) is 0.468. The van der Waals surface area contributed by atoms with Crippen molar-refractivity contribution in [3.05, 3.63) is 101 Å². The molecule has 0 bridgehead atoms. The number of carbonyl (C=O) groups excluding carboxylic acids is 2. The van der Waals surface area contributed by atoms with Gasteiger partial charge in [0.15, 0.2) is 0 Å². The van der Waals surface area contributed by atoms with Crippen LogP contribution in [0, 0.1) is 0 Å².